The van der Waals surface area contributed by atoms with E-state index in [0.717, 1.165) is 22.6 Å². The highest BCUT2D eigenvalue weighted by Crippen LogP contribution is 2.24. The van der Waals surface area contributed by atoms with Crippen LogP contribution in [0.25, 0.3) is 11.1 Å². The van der Waals surface area contributed by atoms with Crippen molar-refractivity contribution in [2.45, 2.75) is 22.7 Å². The highest BCUT2D eigenvalue weighted by molar-refractivity contribution is 7.97. The Labute approximate surface area is 166 Å². The van der Waals surface area contributed by atoms with Crippen LogP contribution in [0, 0.1) is 0 Å². The van der Waals surface area contributed by atoms with Crippen molar-refractivity contribution in [3.8, 4) is 11.1 Å². The summed E-state index contributed by atoms with van der Waals surface area (Å²) < 4.78 is 13.2. The summed E-state index contributed by atoms with van der Waals surface area (Å²) in [6, 6.07) is 9.82. The van der Waals surface area contributed by atoms with Crippen molar-refractivity contribution in [3.05, 3.63) is 53.9 Å². The van der Waals surface area contributed by atoms with Crippen LogP contribution < -0.4 is 5.32 Å². The van der Waals surface area contributed by atoms with E-state index >= 15 is 0 Å². The highest BCUT2D eigenvalue weighted by Gasteiger charge is 2.25. The second-order valence-electron chi connectivity index (χ2n) is 5.61. The first kappa shape index (κ1) is 21.0. The average Bonchev–Trinajstić information content (AvgIpc) is 2.66. The van der Waals surface area contributed by atoms with Gasteiger partial charge in [0.25, 0.3) is 5.91 Å². The van der Waals surface area contributed by atoms with Crippen LogP contribution in [0.4, 0.5) is 4.39 Å². The monoisotopic (exact) mass is 416 g/mol. The van der Waals surface area contributed by atoms with Crippen molar-refractivity contribution in [1.82, 2.24) is 10.3 Å². The third kappa shape index (κ3) is 5.58. The molecule has 0 aliphatic carbocycles. The number of rotatable bonds is 8. The minimum absolute atomic E-state index is 0.476. The molecule has 4 nitrogen and oxygen atoms in total. The molecule has 0 aliphatic rings. The lowest BCUT2D eigenvalue weighted by Crippen LogP contribution is -2.43. The molecule has 0 bridgehead atoms. The van der Waals surface area contributed by atoms with E-state index in [1.807, 2.05) is 30.5 Å². The Bertz CT molecular complexity index is 714. The van der Waals surface area contributed by atoms with Crippen LogP contribution in [0.1, 0.15) is 17.4 Å². The summed E-state index contributed by atoms with van der Waals surface area (Å²) in [6.45, 7) is -0.948. The Morgan fingerprint density at radius 3 is 2.38 bits per heavy atom. The molecule has 26 heavy (non-hydrogen) atoms. The number of nitrogens with zero attached hydrogens (tertiary/aromatic N) is 1. The molecule has 140 valence electrons. The standard InChI is InChI=1S/C18H19Cl2FN2O2S/c1-26-10-14-7-6-13(9-22-14)11-2-4-12(5-3-11)16(24)15(8-21)23-18(25)17(19)20/h2-7,9,15-17,24H,8,10H2,1H3,(H,23,25). The van der Waals surface area contributed by atoms with Crippen molar-refractivity contribution >= 4 is 40.9 Å². The Balaban J connectivity index is 2.10. The number of aromatic nitrogens is 1. The molecule has 0 aliphatic heterocycles. The molecular weight excluding hydrogens is 398 g/mol. The lowest BCUT2D eigenvalue weighted by atomic mass is 9.99. The Morgan fingerprint density at radius 1 is 1.23 bits per heavy atom. The predicted molar refractivity (Wildman–Crippen MR) is 105 cm³/mol. The van der Waals surface area contributed by atoms with Gasteiger partial charge in [-0.05, 0) is 23.4 Å². The highest BCUT2D eigenvalue weighted by atomic mass is 35.5. The molecule has 0 saturated heterocycles. The topological polar surface area (TPSA) is 62.2 Å². The van der Waals surface area contributed by atoms with E-state index < -0.39 is 29.6 Å². The number of pyridine rings is 1. The van der Waals surface area contributed by atoms with Crippen molar-refractivity contribution in [2.24, 2.45) is 0 Å². The van der Waals surface area contributed by atoms with Gasteiger partial charge in [0.15, 0.2) is 4.84 Å². The fourth-order valence-electron chi connectivity index (χ4n) is 2.38. The Morgan fingerprint density at radius 2 is 1.88 bits per heavy atom. The van der Waals surface area contributed by atoms with E-state index in [2.05, 4.69) is 10.3 Å². The van der Waals surface area contributed by atoms with Crippen molar-refractivity contribution in [1.29, 1.82) is 0 Å². The van der Waals surface area contributed by atoms with Gasteiger partial charge in [0.05, 0.1) is 11.7 Å². The fourth-order valence-corrected chi connectivity index (χ4v) is 2.97. The van der Waals surface area contributed by atoms with Gasteiger partial charge in [-0.25, -0.2) is 4.39 Å². The SMILES string of the molecule is CSCc1ccc(-c2ccc(C(O)C(CF)NC(=O)C(Cl)Cl)cc2)cn1. The number of benzene rings is 1. The van der Waals surface area contributed by atoms with Gasteiger partial charge in [0.1, 0.15) is 12.8 Å². The largest absolute Gasteiger partial charge is 0.386 e. The zero-order valence-electron chi connectivity index (χ0n) is 14.0. The van der Waals surface area contributed by atoms with Crippen LogP contribution in [0.2, 0.25) is 0 Å². The lowest BCUT2D eigenvalue weighted by Gasteiger charge is -2.22. The maximum Gasteiger partial charge on any atom is 0.253 e. The normalized spacial score (nSPS) is 13.5. The number of carbonyl (C=O) groups excluding carboxylic acids is 1. The number of carbonyl (C=O) groups is 1. The number of aliphatic hydroxyl groups is 1. The van der Waals surface area contributed by atoms with E-state index in [9.17, 15) is 14.3 Å². The first-order valence-corrected chi connectivity index (χ1v) is 10.1. The quantitative estimate of drug-likeness (QED) is 0.640. The molecule has 8 heteroatoms. The van der Waals surface area contributed by atoms with E-state index in [-0.39, 0.29) is 0 Å². The van der Waals surface area contributed by atoms with Gasteiger partial charge >= 0.3 is 0 Å². The minimum atomic E-state index is -1.32. The van der Waals surface area contributed by atoms with E-state index in [0.29, 0.717) is 5.56 Å². The second-order valence-corrected chi connectivity index (χ2v) is 7.57. The van der Waals surface area contributed by atoms with Crippen LogP contribution in [0.3, 0.4) is 0 Å². The summed E-state index contributed by atoms with van der Waals surface area (Å²) in [4.78, 5) is 14.6. The number of alkyl halides is 3. The molecule has 2 atom stereocenters. The fraction of sp³-hybridized carbons (Fsp3) is 0.333. The van der Waals surface area contributed by atoms with Gasteiger partial charge in [-0.3, -0.25) is 9.78 Å². The minimum Gasteiger partial charge on any atom is -0.386 e. The maximum atomic E-state index is 13.2. The summed E-state index contributed by atoms with van der Waals surface area (Å²) in [5, 5.41) is 12.6. The predicted octanol–water partition coefficient (Wildman–Crippen LogP) is 3.90. The number of hydrogen-bond donors (Lipinski definition) is 2. The summed E-state index contributed by atoms with van der Waals surface area (Å²) in [7, 11) is 0. The maximum absolute atomic E-state index is 13.2. The zero-order valence-corrected chi connectivity index (χ0v) is 16.4. The molecule has 2 aromatic rings. The third-order valence-electron chi connectivity index (χ3n) is 3.78. The molecule has 1 amide bonds. The van der Waals surface area contributed by atoms with Crippen molar-refractivity contribution < 1.29 is 14.3 Å². The van der Waals surface area contributed by atoms with E-state index in [1.165, 1.54) is 0 Å². The van der Waals surface area contributed by atoms with Crippen molar-refractivity contribution in [3.63, 3.8) is 0 Å². The second kappa shape index (κ2) is 10.1. The summed E-state index contributed by atoms with van der Waals surface area (Å²) in [5.41, 5.74) is 3.35. The summed E-state index contributed by atoms with van der Waals surface area (Å²) in [6.07, 6.45) is 2.60. The Kier molecular flexibility index (Phi) is 8.15. The van der Waals surface area contributed by atoms with Gasteiger partial charge in [-0.2, -0.15) is 11.8 Å². The van der Waals surface area contributed by atoms with Crippen molar-refractivity contribution in [2.75, 3.05) is 12.9 Å². The molecule has 1 aromatic carbocycles. The number of hydrogen-bond acceptors (Lipinski definition) is 4. The number of aliphatic hydroxyl groups excluding tert-OH is 1. The molecule has 1 aromatic heterocycles. The molecule has 2 unspecified atom stereocenters. The molecule has 2 rings (SSSR count). The molecule has 0 spiro atoms. The van der Waals surface area contributed by atoms with Crippen LogP contribution in [-0.4, -0.2) is 39.8 Å². The molecule has 1 heterocycles. The first-order valence-electron chi connectivity index (χ1n) is 7.83. The molecule has 0 fully saturated rings. The number of nitrogens with one attached hydrogen (secondary N) is 1. The van der Waals surface area contributed by atoms with Crippen LogP contribution in [-0.2, 0) is 10.5 Å². The van der Waals surface area contributed by atoms with Gasteiger partial charge < -0.3 is 10.4 Å². The first-order chi connectivity index (χ1) is 12.5. The number of halogens is 3. The smallest absolute Gasteiger partial charge is 0.253 e. The Hall–Kier alpha value is -1.34. The molecule has 0 radical (unpaired) electrons. The van der Waals surface area contributed by atoms with Crippen LogP contribution in [0.15, 0.2) is 42.6 Å². The summed E-state index contributed by atoms with van der Waals surface area (Å²) in [5.74, 6) is 0.107. The molecule has 2 N–H and O–H groups in total. The van der Waals surface area contributed by atoms with Gasteiger partial charge in [-0.1, -0.05) is 53.5 Å². The molecule has 0 saturated carbocycles. The van der Waals surface area contributed by atoms with E-state index in [4.69, 9.17) is 23.2 Å². The van der Waals surface area contributed by atoms with Crippen LogP contribution >= 0.6 is 35.0 Å². The third-order valence-corrected chi connectivity index (χ3v) is 4.76. The van der Waals surface area contributed by atoms with Gasteiger partial charge in [-0.15, -0.1) is 0 Å². The van der Waals surface area contributed by atoms with E-state index in [1.54, 1.807) is 30.1 Å². The summed E-state index contributed by atoms with van der Waals surface area (Å²) >= 11 is 12.6. The number of thioether (sulfide) groups is 1. The zero-order chi connectivity index (χ0) is 19.1. The lowest BCUT2D eigenvalue weighted by molar-refractivity contribution is -0.121. The van der Waals surface area contributed by atoms with Crippen LogP contribution in [0.5, 0.6) is 0 Å². The van der Waals surface area contributed by atoms with Gasteiger partial charge in [0.2, 0.25) is 0 Å². The average molecular weight is 417 g/mol. The molecular formula is C18H19Cl2FN2O2S. The van der Waals surface area contributed by atoms with Gasteiger partial charge in [0, 0.05) is 17.5 Å². The number of amides is 1.